The average molecular weight is 165 g/mol. The second kappa shape index (κ2) is 3.55. The SMILES string of the molecule is O=C=NCc1c(O)cccc1O. The van der Waals surface area contributed by atoms with Crippen molar-refractivity contribution in [1.29, 1.82) is 0 Å². The van der Waals surface area contributed by atoms with Gasteiger partial charge >= 0.3 is 0 Å². The van der Waals surface area contributed by atoms with Gasteiger partial charge in [0.15, 0.2) is 0 Å². The van der Waals surface area contributed by atoms with Crippen LogP contribution in [0.25, 0.3) is 0 Å². The van der Waals surface area contributed by atoms with Crippen LogP contribution in [-0.2, 0) is 11.3 Å². The lowest BCUT2D eigenvalue weighted by Crippen LogP contribution is -1.83. The topological polar surface area (TPSA) is 69.9 Å². The number of nitrogens with zero attached hydrogens (tertiary/aromatic N) is 1. The molecule has 1 aromatic carbocycles. The highest BCUT2D eigenvalue weighted by molar-refractivity contribution is 5.44. The highest BCUT2D eigenvalue weighted by Crippen LogP contribution is 2.26. The number of hydrogen-bond donors (Lipinski definition) is 2. The van der Waals surface area contributed by atoms with Crippen molar-refractivity contribution in [2.24, 2.45) is 4.99 Å². The fourth-order valence-electron chi connectivity index (χ4n) is 0.836. The normalized spacial score (nSPS) is 9.00. The Labute approximate surface area is 68.8 Å². The van der Waals surface area contributed by atoms with Gasteiger partial charge in [-0.2, -0.15) is 0 Å². The van der Waals surface area contributed by atoms with E-state index in [4.69, 9.17) is 10.2 Å². The van der Waals surface area contributed by atoms with Crippen LogP contribution >= 0.6 is 0 Å². The van der Waals surface area contributed by atoms with E-state index in [0.29, 0.717) is 0 Å². The Kier molecular flexibility index (Phi) is 2.46. The Morgan fingerprint density at radius 1 is 1.33 bits per heavy atom. The number of benzene rings is 1. The van der Waals surface area contributed by atoms with Gasteiger partial charge in [-0.25, -0.2) is 9.79 Å². The zero-order valence-corrected chi connectivity index (χ0v) is 6.19. The first-order chi connectivity index (χ1) is 5.75. The fourth-order valence-corrected chi connectivity index (χ4v) is 0.836. The van der Waals surface area contributed by atoms with Gasteiger partial charge in [-0.15, -0.1) is 0 Å². The molecule has 0 spiro atoms. The quantitative estimate of drug-likeness (QED) is 0.506. The van der Waals surface area contributed by atoms with E-state index in [1.54, 1.807) is 0 Å². The van der Waals surface area contributed by atoms with Crippen LogP contribution in [0.2, 0.25) is 0 Å². The monoisotopic (exact) mass is 165 g/mol. The molecule has 0 heterocycles. The molecule has 0 aliphatic carbocycles. The molecule has 0 atom stereocenters. The molecule has 0 saturated carbocycles. The molecule has 0 fully saturated rings. The maximum absolute atomic E-state index is 9.75. The van der Waals surface area contributed by atoms with Crippen LogP contribution < -0.4 is 0 Å². The molecule has 1 aromatic rings. The predicted octanol–water partition coefficient (Wildman–Crippen LogP) is 0.934. The molecule has 4 nitrogen and oxygen atoms in total. The van der Waals surface area contributed by atoms with Crippen molar-refractivity contribution in [3.05, 3.63) is 23.8 Å². The molecular weight excluding hydrogens is 158 g/mol. The lowest BCUT2D eigenvalue weighted by atomic mass is 10.2. The number of aliphatic imine (C=N–C) groups is 1. The minimum Gasteiger partial charge on any atom is -0.507 e. The second-order valence-electron chi connectivity index (χ2n) is 2.18. The molecule has 0 aromatic heterocycles. The van der Waals surface area contributed by atoms with Gasteiger partial charge in [0.1, 0.15) is 11.5 Å². The van der Waals surface area contributed by atoms with Gasteiger partial charge in [-0.1, -0.05) is 6.07 Å². The Balaban J connectivity index is 3.03. The fraction of sp³-hybridized carbons (Fsp3) is 0.125. The minimum atomic E-state index is -0.0750. The van der Waals surface area contributed by atoms with Gasteiger partial charge < -0.3 is 10.2 Å². The summed E-state index contributed by atoms with van der Waals surface area (Å²) in [5.41, 5.74) is 0.237. The van der Waals surface area contributed by atoms with Crippen LogP contribution in [0.15, 0.2) is 23.2 Å². The van der Waals surface area contributed by atoms with Crippen LogP contribution in [0.5, 0.6) is 11.5 Å². The average Bonchev–Trinajstić information content (AvgIpc) is 2.04. The molecule has 0 radical (unpaired) electrons. The summed E-state index contributed by atoms with van der Waals surface area (Å²) < 4.78 is 0. The van der Waals surface area contributed by atoms with Crippen molar-refractivity contribution in [2.75, 3.05) is 0 Å². The van der Waals surface area contributed by atoms with E-state index in [9.17, 15) is 4.79 Å². The lowest BCUT2D eigenvalue weighted by molar-refractivity contribution is 0.439. The van der Waals surface area contributed by atoms with Crippen molar-refractivity contribution >= 4 is 6.08 Å². The maximum atomic E-state index is 9.75. The molecule has 0 unspecified atom stereocenters. The maximum Gasteiger partial charge on any atom is 0.235 e. The molecule has 0 amide bonds. The molecule has 0 bridgehead atoms. The van der Waals surface area contributed by atoms with Gasteiger partial charge in [0.25, 0.3) is 0 Å². The van der Waals surface area contributed by atoms with Gasteiger partial charge in [-0.05, 0) is 12.1 Å². The molecule has 4 heteroatoms. The van der Waals surface area contributed by atoms with Gasteiger partial charge in [0.2, 0.25) is 6.08 Å². The minimum absolute atomic E-state index is 0.0536. The Morgan fingerprint density at radius 3 is 2.42 bits per heavy atom. The van der Waals surface area contributed by atoms with Crippen molar-refractivity contribution < 1.29 is 15.0 Å². The summed E-state index contributed by atoms with van der Waals surface area (Å²) in [4.78, 5) is 13.0. The van der Waals surface area contributed by atoms with E-state index in [2.05, 4.69) is 4.99 Å². The molecule has 12 heavy (non-hydrogen) atoms. The molecule has 1 rings (SSSR count). The van der Waals surface area contributed by atoms with E-state index in [1.165, 1.54) is 24.3 Å². The predicted molar refractivity (Wildman–Crippen MR) is 41.6 cm³/mol. The van der Waals surface area contributed by atoms with Crippen LogP contribution in [0.3, 0.4) is 0 Å². The van der Waals surface area contributed by atoms with E-state index < -0.39 is 0 Å². The van der Waals surface area contributed by atoms with Crippen LogP contribution in [-0.4, -0.2) is 16.3 Å². The van der Waals surface area contributed by atoms with Crippen LogP contribution in [0.4, 0.5) is 0 Å². The molecule has 62 valence electrons. The number of carbonyl (C=O) groups excluding carboxylic acids is 1. The zero-order valence-electron chi connectivity index (χ0n) is 6.19. The first kappa shape index (κ1) is 8.30. The number of hydrogen-bond acceptors (Lipinski definition) is 4. The number of rotatable bonds is 2. The summed E-state index contributed by atoms with van der Waals surface area (Å²) in [6, 6.07) is 4.32. The standard InChI is InChI=1S/C8H7NO3/c10-5-9-4-6-7(11)2-1-3-8(6)12/h1-3,11-12H,4H2. The van der Waals surface area contributed by atoms with Crippen molar-refractivity contribution in [3.8, 4) is 11.5 Å². The smallest absolute Gasteiger partial charge is 0.235 e. The molecular formula is C8H7NO3. The molecule has 0 saturated heterocycles. The summed E-state index contributed by atoms with van der Waals surface area (Å²) >= 11 is 0. The molecule has 0 aliphatic heterocycles. The lowest BCUT2D eigenvalue weighted by Gasteiger charge is -2.01. The number of isocyanates is 1. The van der Waals surface area contributed by atoms with Gasteiger partial charge in [0.05, 0.1) is 12.1 Å². The van der Waals surface area contributed by atoms with E-state index in [0.717, 1.165) is 0 Å². The Bertz CT molecular complexity index is 309. The van der Waals surface area contributed by atoms with Crippen molar-refractivity contribution in [2.45, 2.75) is 6.54 Å². The summed E-state index contributed by atoms with van der Waals surface area (Å²) in [7, 11) is 0. The number of aromatic hydroxyl groups is 2. The Hall–Kier alpha value is -1.80. The highest BCUT2D eigenvalue weighted by atomic mass is 16.3. The summed E-state index contributed by atoms with van der Waals surface area (Å²) in [6.45, 7) is -0.0536. The van der Waals surface area contributed by atoms with Gasteiger partial charge in [0, 0.05) is 0 Å². The first-order valence-corrected chi connectivity index (χ1v) is 3.29. The van der Waals surface area contributed by atoms with E-state index in [1.807, 2.05) is 0 Å². The molecule has 2 N–H and O–H groups in total. The number of phenolic OH excluding ortho intramolecular Hbond substituents is 2. The van der Waals surface area contributed by atoms with Crippen molar-refractivity contribution in [1.82, 2.24) is 0 Å². The van der Waals surface area contributed by atoms with Crippen LogP contribution in [0.1, 0.15) is 5.56 Å². The first-order valence-electron chi connectivity index (χ1n) is 3.29. The van der Waals surface area contributed by atoms with E-state index >= 15 is 0 Å². The third-order valence-electron chi connectivity index (χ3n) is 1.43. The van der Waals surface area contributed by atoms with Crippen LogP contribution in [0, 0.1) is 0 Å². The summed E-state index contributed by atoms with van der Waals surface area (Å²) in [5.74, 6) is -0.150. The van der Waals surface area contributed by atoms with E-state index in [-0.39, 0.29) is 23.6 Å². The zero-order chi connectivity index (χ0) is 8.97. The number of phenols is 2. The summed E-state index contributed by atoms with van der Waals surface area (Å²) in [5, 5.41) is 18.3. The highest BCUT2D eigenvalue weighted by Gasteiger charge is 2.04. The third kappa shape index (κ3) is 1.62. The summed E-state index contributed by atoms with van der Waals surface area (Å²) in [6.07, 6.45) is 1.32. The Morgan fingerprint density at radius 2 is 1.92 bits per heavy atom. The third-order valence-corrected chi connectivity index (χ3v) is 1.43. The second-order valence-corrected chi connectivity index (χ2v) is 2.18. The van der Waals surface area contributed by atoms with Crippen molar-refractivity contribution in [3.63, 3.8) is 0 Å². The molecule has 0 aliphatic rings. The van der Waals surface area contributed by atoms with Gasteiger partial charge in [-0.3, -0.25) is 0 Å². The largest absolute Gasteiger partial charge is 0.507 e.